The van der Waals surface area contributed by atoms with Gasteiger partial charge in [-0.05, 0) is 30.0 Å². The number of hydrogen-bond donors (Lipinski definition) is 1. The van der Waals surface area contributed by atoms with E-state index >= 15 is 0 Å². The van der Waals surface area contributed by atoms with Crippen LogP contribution in [0.4, 0.5) is 13.2 Å². The molecule has 0 aliphatic rings. The highest BCUT2D eigenvalue weighted by atomic mass is 32.1. The van der Waals surface area contributed by atoms with Crippen molar-refractivity contribution in [2.45, 2.75) is 38.9 Å². The summed E-state index contributed by atoms with van der Waals surface area (Å²) < 4.78 is 40.9. The molecule has 1 N–H and O–H groups in total. The third-order valence-corrected chi connectivity index (χ3v) is 4.91. The van der Waals surface area contributed by atoms with Gasteiger partial charge in [0.1, 0.15) is 0 Å². The molecule has 4 nitrogen and oxygen atoms in total. The summed E-state index contributed by atoms with van der Waals surface area (Å²) in [5, 5.41) is 4.78. The van der Waals surface area contributed by atoms with Crippen molar-refractivity contribution >= 4 is 22.2 Å². The summed E-state index contributed by atoms with van der Waals surface area (Å²) in [5.74, 6) is -0.0494. The van der Waals surface area contributed by atoms with Gasteiger partial charge in [-0.2, -0.15) is 13.2 Å². The molecule has 0 radical (unpaired) electrons. The lowest BCUT2D eigenvalue weighted by Crippen LogP contribution is -2.31. The maximum absolute atomic E-state index is 13.0. The Labute approximate surface area is 159 Å². The van der Waals surface area contributed by atoms with E-state index in [2.05, 4.69) is 10.3 Å². The number of carbonyl (C=O) groups is 1. The van der Waals surface area contributed by atoms with Crippen LogP contribution >= 0.6 is 11.3 Å². The van der Waals surface area contributed by atoms with Gasteiger partial charge in [-0.15, -0.1) is 11.3 Å². The Kier molecular flexibility index (Phi) is 5.55. The zero-order chi connectivity index (χ0) is 19.6. The number of thiazole rings is 1. The van der Waals surface area contributed by atoms with Gasteiger partial charge in [-0.25, -0.2) is 4.98 Å². The second-order valence-electron chi connectivity index (χ2n) is 6.87. The molecular weight excluding hydrogens is 375 g/mol. The quantitative estimate of drug-likeness (QED) is 0.648. The number of hydrogen-bond acceptors (Lipinski definition) is 3. The van der Waals surface area contributed by atoms with E-state index in [1.165, 1.54) is 17.4 Å². The van der Waals surface area contributed by atoms with Crippen LogP contribution in [0.3, 0.4) is 0 Å². The number of carbonyl (C=O) groups excluding carboxylic acids is 1. The second-order valence-corrected chi connectivity index (χ2v) is 7.75. The van der Waals surface area contributed by atoms with E-state index in [1.807, 2.05) is 29.8 Å². The highest BCUT2D eigenvalue weighted by Gasteiger charge is 2.31. The van der Waals surface area contributed by atoms with E-state index in [0.717, 1.165) is 17.1 Å². The molecule has 0 aliphatic carbocycles. The maximum atomic E-state index is 13.0. The van der Waals surface area contributed by atoms with E-state index in [1.54, 1.807) is 12.3 Å². The Morgan fingerprint density at radius 2 is 2.11 bits per heavy atom. The van der Waals surface area contributed by atoms with E-state index in [0.29, 0.717) is 17.7 Å². The highest BCUT2D eigenvalue weighted by molar-refractivity contribution is 7.15. The van der Waals surface area contributed by atoms with E-state index < -0.39 is 17.8 Å². The molecule has 3 aromatic rings. The van der Waals surface area contributed by atoms with Gasteiger partial charge in [-0.3, -0.25) is 9.20 Å². The lowest BCUT2D eigenvalue weighted by molar-refractivity contribution is -0.137. The lowest BCUT2D eigenvalue weighted by atomic mass is 9.95. The molecule has 3 rings (SSSR count). The molecule has 27 heavy (non-hydrogen) atoms. The van der Waals surface area contributed by atoms with Crippen LogP contribution in [0, 0.1) is 5.92 Å². The molecule has 0 bridgehead atoms. The Morgan fingerprint density at radius 1 is 1.33 bits per heavy atom. The van der Waals surface area contributed by atoms with E-state index in [4.69, 9.17) is 0 Å². The van der Waals surface area contributed by atoms with Crippen molar-refractivity contribution in [3.63, 3.8) is 0 Å². The van der Waals surface area contributed by atoms with Gasteiger partial charge in [0.15, 0.2) is 4.96 Å². The molecular formula is C19H20F3N3OS. The molecule has 0 aliphatic heterocycles. The van der Waals surface area contributed by atoms with Crippen molar-refractivity contribution in [1.82, 2.24) is 14.7 Å². The Hall–Kier alpha value is -2.35. The Balaban J connectivity index is 1.76. The van der Waals surface area contributed by atoms with Crippen molar-refractivity contribution in [3.05, 3.63) is 58.9 Å². The number of nitrogens with one attached hydrogen (secondary N) is 1. The number of benzene rings is 1. The van der Waals surface area contributed by atoms with Gasteiger partial charge in [-0.1, -0.05) is 26.0 Å². The molecule has 0 spiro atoms. The van der Waals surface area contributed by atoms with Crippen LogP contribution in [0.5, 0.6) is 0 Å². The predicted octanol–water partition coefficient (Wildman–Crippen LogP) is 4.86. The molecule has 1 aromatic carbocycles. The summed E-state index contributed by atoms with van der Waals surface area (Å²) >= 11 is 1.47. The molecule has 0 fully saturated rings. The van der Waals surface area contributed by atoms with Crippen LogP contribution in [0.25, 0.3) is 4.96 Å². The van der Waals surface area contributed by atoms with Crippen LogP contribution in [0.15, 0.2) is 42.0 Å². The number of fused-ring (bicyclic) bond motifs is 1. The van der Waals surface area contributed by atoms with Gasteiger partial charge in [0.25, 0.3) is 0 Å². The topological polar surface area (TPSA) is 46.4 Å². The van der Waals surface area contributed by atoms with Crippen LogP contribution in [-0.4, -0.2) is 15.3 Å². The van der Waals surface area contributed by atoms with Gasteiger partial charge in [0.05, 0.1) is 23.7 Å². The first-order chi connectivity index (χ1) is 12.7. The zero-order valence-corrected chi connectivity index (χ0v) is 15.8. The van der Waals surface area contributed by atoms with E-state index in [9.17, 15) is 18.0 Å². The fourth-order valence-corrected chi connectivity index (χ4v) is 3.67. The predicted molar refractivity (Wildman–Crippen MR) is 98.6 cm³/mol. The van der Waals surface area contributed by atoms with Crippen LogP contribution in [0.2, 0.25) is 0 Å². The lowest BCUT2D eigenvalue weighted by Gasteiger charge is -2.22. The van der Waals surface area contributed by atoms with Crippen LogP contribution < -0.4 is 5.32 Å². The first-order valence-corrected chi connectivity index (χ1v) is 9.48. The summed E-state index contributed by atoms with van der Waals surface area (Å²) in [5.41, 5.74) is 0.377. The number of amides is 1. The normalized spacial score (nSPS) is 13.3. The van der Waals surface area contributed by atoms with Crippen molar-refractivity contribution in [1.29, 1.82) is 0 Å². The largest absolute Gasteiger partial charge is 0.416 e. The fraction of sp³-hybridized carbons (Fsp3) is 0.368. The number of halogens is 3. The monoisotopic (exact) mass is 395 g/mol. The molecule has 1 atom stereocenters. The molecule has 8 heteroatoms. The molecule has 1 amide bonds. The molecule has 1 unspecified atom stereocenters. The molecule has 0 saturated carbocycles. The van der Waals surface area contributed by atoms with Crippen molar-refractivity contribution < 1.29 is 18.0 Å². The fourth-order valence-electron chi connectivity index (χ4n) is 2.95. The van der Waals surface area contributed by atoms with Crippen molar-refractivity contribution in [2.75, 3.05) is 0 Å². The minimum absolute atomic E-state index is 0.0853. The number of alkyl halides is 3. The summed E-state index contributed by atoms with van der Waals surface area (Å²) in [6, 6.07) is 4.66. The first-order valence-electron chi connectivity index (χ1n) is 8.60. The second kappa shape index (κ2) is 7.72. The summed E-state index contributed by atoms with van der Waals surface area (Å²) in [6.07, 6.45) is -0.135. The third-order valence-electron chi connectivity index (χ3n) is 4.14. The van der Waals surface area contributed by atoms with Crippen molar-refractivity contribution in [2.24, 2.45) is 5.92 Å². The van der Waals surface area contributed by atoms with Crippen LogP contribution in [-0.2, 0) is 17.4 Å². The van der Waals surface area contributed by atoms with Crippen molar-refractivity contribution in [3.8, 4) is 0 Å². The number of rotatable bonds is 6. The molecule has 144 valence electrons. The summed E-state index contributed by atoms with van der Waals surface area (Å²) in [4.78, 5) is 17.7. The number of nitrogens with zero attached hydrogens (tertiary/aromatic N) is 2. The van der Waals surface area contributed by atoms with Gasteiger partial charge < -0.3 is 5.32 Å². The standard InChI is InChI=1S/C19H20F3N3OS/c1-12(2)8-16(13-4-3-5-14(9-13)19(20,21)22)24-17(26)10-15-11-25-6-7-27-18(25)23-15/h3-7,9,11-12,16H,8,10H2,1-2H3,(H,24,26). The van der Waals surface area contributed by atoms with Gasteiger partial charge in [0, 0.05) is 17.8 Å². The zero-order valence-electron chi connectivity index (χ0n) is 15.0. The smallest absolute Gasteiger partial charge is 0.349 e. The maximum Gasteiger partial charge on any atom is 0.416 e. The average Bonchev–Trinajstić information content (AvgIpc) is 3.14. The minimum atomic E-state index is -4.41. The van der Waals surface area contributed by atoms with Crippen LogP contribution in [0.1, 0.15) is 43.1 Å². The average molecular weight is 395 g/mol. The number of imidazole rings is 1. The number of aromatic nitrogens is 2. The minimum Gasteiger partial charge on any atom is -0.349 e. The molecule has 2 heterocycles. The summed E-state index contributed by atoms with van der Waals surface area (Å²) in [7, 11) is 0. The Bertz CT molecular complexity index is 901. The molecule has 2 aromatic heterocycles. The highest BCUT2D eigenvalue weighted by Crippen LogP contribution is 2.32. The first kappa shape index (κ1) is 19.4. The Morgan fingerprint density at radius 3 is 2.78 bits per heavy atom. The van der Waals surface area contributed by atoms with Gasteiger partial charge >= 0.3 is 6.18 Å². The molecule has 0 saturated heterocycles. The van der Waals surface area contributed by atoms with E-state index in [-0.39, 0.29) is 18.2 Å². The third kappa shape index (κ3) is 4.88. The summed E-state index contributed by atoms with van der Waals surface area (Å²) in [6.45, 7) is 3.94. The van der Waals surface area contributed by atoms with Gasteiger partial charge in [0.2, 0.25) is 5.91 Å². The SMILES string of the molecule is CC(C)CC(NC(=O)Cc1cn2ccsc2n1)c1cccc(C(F)(F)F)c1.